The first-order valence-electron chi connectivity index (χ1n) is 9.65. The molecule has 0 aliphatic heterocycles. The van der Waals surface area contributed by atoms with E-state index in [0.29, 0.717) is 34.8 Å². The van der Waals surface area contributed by atoms with Crippen molar-refractivity contribution in [2.45, 2.75) is 13.1 Å². The fraction of sp³-hybridized carbons (Fsp3) is 0.167. The standard InChI is InChI=1S/C24H24N2O4/c1-3-30-21-16-19(14-15-20(21)29-2)22(25-23(27)17-10-6-4-7-11-17)26-24(28)18-12-8-5-9-13-18/h4-16,22H,3H2,1-2H3,(H,25,27)(H,26,28). The Hall–Kier alpha value is -3.80. The second-order valence-electron chi connectivity index (χ2n) is 6.46. The van der Waals surface area contributed by atoms with E-state index >= 15 is 0 Å². The monoisotopic (exact) mass is 404 g/mol. The molecule has 0 aliphatic rings. The molecule has 0 aliphatic carbocycles. The van der Waals surface area contributed by atoms with Crippen LogP contribution in [-0.4, -0.2) is 25.5 Å². The molecule has 3 aromatic carbocycles. The largest absolute Gasteiger partial charge is 0.493 e. The van der Waals surface area contributed by atoms with Crippen LogP contribution in [0.25, 0.3) is 0 Å². The van der Waals surface area contributed by atoms with Gasteiger partial charge < -0.3 is 20.1 Å². The zero-order chi connectivity index (χ0) is 21.3. The number of nitrogens with one attached hydrogen (secondary N) is 2. The van der Waals surface area contributed by atoms with Crippen molar-refractivity contribution >= 4 is 11.8 Å². The SMILES string of the molecule is CCOc1cc(C(NC(=O)c2ccccc2)NC(=O)c2ccccc2)ccc1OC. The summed E-state index contributed by atoms with van der Waals surface area (Å²) in [4.78, 5) is 25.5. The predicted molar refractivity (Wildman–Crippen MR) is 115 cm³/mol. The Morgan fingerprint density at radius 2 is 1.33 bits per heavy atom. The van der Waals surface area contributed by atoms with Crippen LogP contribution >= 0.6 is 0 Å². The molecule has 0 radical (unpaired) electrons. The number of rotatable bonds is 8. The van der Waals surface area contributed by atoms with Crippen molar-refractivity contribution in [3.05, 3.63) is 95.6 Å². The molecule has 0 saturated carbocycles. The van der Waals surface area contributed by atoms with Crippen LogP contribution in [0.2, 0.25) is 0 Å². The molecule has 3 aromatic rings. The quantitative estimate of drug-likeness (QED) is 0.558. The normalized spacial score (nSPS) is 10.4. The van der Waals surface area contributed by atoms with E-state index in [1.807, 2.05) is 19.1 Å². The third-order valence-corrected chi connectivity index (χ3v) is 4.44. The molecule has 0 aromatic heterocycles. The van der Waals surface area contributed by atoms with Gasteiger partial charge in [0.1, 0.15) is 6.17 Å². The molecule has 3 rings (SSSR count). The van der Waals surface area contributed by atoms with E-state index < -0.39 is 6.17 Å². The maximum Gasteiger partial charge on any atom is 0.253 e. The summed E-state index contributed by atoms with van der Waals surface area (Å²) in [6, 6.07) is 22.9. The molecule has 6 heteroatoms. The Bertz CT molecular complexity index is 937. The summed E-state index contributed by atoms with van der Waals surface area (Å²) in [6.07, 6.45) is -0.768. The van der Waals surface area contributed by atoms with Crippen molar-refractivity contribution < 1.29 is 19.1 Å². The Kier molecular flexibility index (Phi) is 7.05. The molecular weight excluding hydrogens is 380 g/mol. The second kappa shape index (κ2) is 10.1. The first kappa shape index (κ1) is 20.9. The van der Waals surface area contributed by atoms with Gasteiger partial charge in [0.05, 0.1) is 13.7 Å². The van der Waals surface area contributed by atoms with Crippen LogP contribution in [-0.2, 0) is 0 Å². The summed E-state index contributed by atoms with van der Waals surface area (Å²) >= 11 is 0. The van der Waals surface area contributed by atoms with E-state index in [9.17, 15) is 9.59 Å². The third kappa shape index (κ3) is 5.17. The van der Waals surface area contributed by atoms with Crippen LogP contribution in [0.15, 0.2) is 78.9 Å². The second-order valence-corrected chi connectivity index (χ2v) is 6.46. The van der Waals surface area contributed by atoms with Crippen molar-refractivity contribution in [1.29, 1.82) is 0 Å². The average Bonchev–Trinajstić information content (AvgIpc) is 2.80. The summed E-state index contributed by atoms with van der Waals surface area (Å²) in [5.74, 6) is 0.499. The first-order valence-corrected chi connectivity index (χ1v) is 9.65. The van der Waals surface area contributed by atoms with Crippen LogP contribution in [0.5, 0.6) is 11.5 Å². The molecule has 0 unspecified atom stereocenters. The zero-order valence-electron chi connectivity index (χ0n) is 16.9. The number of benzene rings is 3. The Labute approximate surface area is 175 Å². The molecule has 2 N–H and O–H groups in total. The van der Waals surface area contributed by atoms with Crippen molar-refractivity contribution in [3.63, 3.8) is 0 Å². The molecule has 0 heterocycles. The van der Waals surface area contributed by atoms with Gasteiger partial charge in [-0.3, -0.25) is 9.59 Å². The number of methoxy groups -OCH3 is 1. The van der Waals surface area contributed by atoms with E-state index in [2.05, 4.69) is 10.6 Å². The average molecular weight is 404 g/mol. The Balaban J connectivity index is 1.91. The molecule has 0 spiro atoms. The lowest BCUT2D eigenvalue weighted by Gasteiger charge is -2.22. The minimum atomic E-state index is -0.768. The summed E-state index contributed by atoms with van der Waals surface area (Å²) < 4.78 is 11.0. The molecule has 0 atom stereocenters. The highest BCUT2D eigenvalue weighted by molar-refractivity contribution is 5.96. The molecule has 2 amide bonds. The van der Waals surface area contributed by atoms with Gasteiger partial charge in [0.15, 0.2) is 11.5 Å². The van der Waals surface area contributed by atoms with E-state index in [-0.39, 0.29) is 11.8 Å². The third-order valence-electron chi connectivity index (χ3n) is 4.44. The van der Waals surface area contributed by atoms with Gasteiger partial charge >= 0.3 is 0 Å². The van der Waals surface area contributed by atoms with Gasteiger partial charge in [0, 0.05) is 11.1 Å². The number of hydrogen-bond donors (Lipinski definition) is 2. The van der Waals surface area contributed by atoms with E-state index in [1.165, 1.54) is 0 Å². The number of hydrogen-bond acceptors (Lipinski definition) is 4. The molecule has 154 valence electrons. The smallest absolute Gasteiger partial charge is 0.253 e. The van der Waals surface area contributed by atoms with Gasteiger partial charge in [0.25, 0.3) is 11.8 Å². The number of carbonyl (C=O) groups excluding carboxylic acids is 2. The minimum absolute atomic E-state index is 0.303. The highest BCUT2D eigenvalue weighted by Gasteiger charge is 2.20. The highest BCUT2D eigenvalue weighted by Crippen LogP contribution is 2.30. The van der Waals surface area contributed by atoms with Gasteiger partial charge in [-0.15, -0.1) is 0 Å². The lowest BCUT2D eigenvalue weighted by Crippen LogP contribution is -2.41. The van der Waals surface area contributed by atoms with Gasteiger partial charge in [0.2, 0.25) is 0 Å². The maximum atomic E-state index is 12.8. The van der Waals surface area contributed by atoms with Crippen LogP contribution in [0, 0.1) is 0 Å². The summed E-state index contributed by atoms with van der Waals surface area (Å²) in [5, 5.41) is 5.78. The van der Waals surface area contributed by atoms with Crippen molar-refractivity contribution in [2.24, 2.45) is 0 Å². The summed E-state index contributed by atoms with van der Waals surface area (Å²) in [6.45, 7) is 2.33. The van der Waals surface area contributed by atoms with Crippen LogP contribution in [0.4, 0.5) is 0 Å². The molecule has 0 fully saturated rings. The Morgan fingerprint density at radius 1 is 0.800 bits per heavy atom. The van der Waals surface area contributed by atoms with Crippen LogP contribution < -0.4 is 20.1 Å². The van der Waals surface area contributed by atoms with E-state index in [1.54, 1.807) is 73.8 Å². The first-order chi connectivity index (χ1) is 14.6. The molecule has 0 saturated heterocycles. The minimum Gasteiger partial charge on any atom is -0.493 e. The number of carbonyl (C=O) groups is 2. The van der Waals surface area contributed by atoms with Gasteiger partial charge in [-0.25, -0.2) is 0 Å². The highest BCUT2D eigenvalue weighted by atomic mass is 16.5. The Morgan fingerprint density at radius 3 is 1.80 bits per heavy atom. The zero-order valence-corrected chi connectivity index (χ0v) is 16.9. The van der Waals surface area contributed by atoms with E-state index in [0.717, 1.165) is 0 Å². The van der Waals surface area contributed by atoms with Crippen LogP contribution in [0.3, 0.4) is 0 Å². The fourth-order valence-corrected chi connectivity index (χ4v) is 2.95. The molecule has 0 bridgehead atoms. The molecular formula is C24H24N2O4. The maximum absolute atomic E-state index is 12.8. The lowest BCUT2D eigenvalue weighted by atomic mass is 10.1. The summed E-state index contributed by atoms with van der Waals surface area (Å²) in [5.41, 5.74) is 1.65. The van der Waals surface area contributed by atoms with Crippen molar-refractivity contribution in [1.82, 2.24) is 10.6 Å². The molecule has 6 nitrogen and oxygen atoms in total. The van der Waals surface area contributed by atoms with Crippen molar-refractivity contribution in [2.75, 3.05) is 13.7 Å². The summed E-state index contributed by atoms with van der Waals surface area (Å²) in [7, 11) is 1.56. The fourth-order valence-electron chi connectivity index (χ4n) is 2.95. The topological polar surface area (TPSA) is 76.7 Å². The van der Waals surface area contributed by atoms with Gasteiger partial charge in [-0.05, 0) is 48.9 Å². The van der Waals surface area contributed by atoms with Crippen molar-refractivity contribution in [3.8, 4) is 11.5 Å². The van der Waals surface area contributed by atoms with Gasteiger partial charge in [-0.2, -0.15) is 0 Å². The number of ether oxygens (including phenoxy) is 2. The number of amides is 2. The van der Waals surface area contributed by atoms with E-state index in [4.69, 9.17) is 9.47 Å². The predicted octanol–water partition coefficient (Wildman–Crippen LogP) is 3.95. The molecule has 30 heavy (non-hydrogen) atoms. The van der Waals surface area contributed by atoms with Gasteiger partial charge in [-0.1, -0.05) is 42.5 Å². The lowest BCUT2D eigenvalue weighted by molar-refractivity contribution is 0.0883. The van der Waals surface area contributed by atoms with Crippen LogP contribution in [0.1, 0.15) is 39.4 Å².